The van der Waals surface area contributed by atoms with Gasteiger partial charge in [-0.3, -0.25) is 0 Å². The van der Waals surface area contributed by atoms with Crippen molar-refractivity contribution < 1.29 is 4.39 Å². The number of hydrogen-bond donors (Lipinski definition) is 0. The fourth-order valence-electron chi connectivity index (χ4n) is 3.28. The van der Waals surface area contributed by atoms with Crippen LogP contribution < -0.4 is 15.9 Å². The summed E-state index contributed by atoms with van der Waals surface area (Å²) in [6.45, 7) is 0. The van der Waals surface area contributed by atoms with Crippen LogP contribution in [0.2, 0.25) is 0 Å². The first-order valence-electron chi connectivity index (χ1n) is 9.04. The Morgan fingerprint density at radius 1 is 0.571 bits per heavy atom. The van der Waals surface area contributed by atoms with Crippen molar-refractivity contribution in [3.05, 3.63) is 126 Å². The average molecular weight is 407 g/mol. The summed E-state index contributed by atoms with van der Waals surface area (Å²) in [4.78, 5) is 0. The van der Waals surface area contributed by atoms with Crippen LogP contribution in [0, 0.1) is 5.82 Å². The molecule has 0 aliphatic rings. The second kappa shape index (κ2) is 9.64. The van der Waals surface area contributed by atoms with Gasteiger partial charge in [0.15, 0.2) is 0 Å². The molecular formula is C25H21ClFP. The van der Waals surface area contributed by atoms with Gasteiger partial charge in [-0.05, 0) is 53.5 Å². The highest BCUT2D eigenvalue weighted by Crippen LogP contribution is 2.34. The first kappa shape index (κ1) is 20.3. The summed E-state index contributed by atoms with van der Waals surface area (Å²) >= 11 is 0. The van der Waals surface area contributed by atoms with E-state index in [2.05, 4.69) is 84.9 Å². The third-order valence-electron chi connectivity index (χ3n) is 4.57. The van der Waals surface area contributed by atoms with Crippen LogP contribution in [0.4, 0.5) is 4.39 Å². The zero-order valence-electron chi connectivity index (χ0n) is 15.3. The Bertz CT molecular complexity index is 962. The highest BCUT2D eigenvalue weighted by atomic mass is 35.5. The molecule has 3 heteroatoms. The molecule has 4 aromatic carbocycles. The van der Waals surface area contributed by atoms with Gasteiger partial charge in [0.05, 0.1) is 0 Å². The fraction of sp³-hybridized carbons (Fsp3) is 0.0400. The van der Waals surface area contributed by atoms with E-state index in [0.29, 0.717) is 0 Å². The normalized spacial score (nSPS) is 10.5. The lowest BCUT2D eigenvalue weighted by Crippen LogP contribution is -2.23. The topological polar surface area (TPSA) is 0 Å². The Kier molecular flexibility index (Phi) is 6.98. The van der Waals surface area contributed by atoms with Crippen LogP contribution in [-0.2, 0) is 6.42 Å². The van der Waals surface area contributed by atoms with E-state index in [1.165, 1.54) is 33.6 Å². The third-order valence-corrected chi connectivity index (χ3v) is 7.12. The van der Waals surface area contributed by atoms with Gasteiger partial charge in [0.2, 0.25) is 0 Å². The Balaban J connectivity index is 0.00000225. The van der Waals surface area contributed by atoms with Crippen LogP contribution in [-0.4, -0.2) is 0 Å². The lowest BCUT2D eigenvalue weighted by Gasteiger charge is -2.22. The number of rotatable bonds is 5. The molecule has 0 atom stereocenters. The van der Waals surface area contributed by atoms with Crippen molar-refractivity contribution in [2.75, 3.05) is 0 Å². The molecule has 0 fully saturated rings. The van der Waals surface area contributed by atoms with E-state index in [-0.39, 0.29) is 18.2 Å². The standard InChI is InChI=1S/C25H20FP.ClH/c26-22-17-15-20(16-18-22)19-21-9-7-8-14-25(21)27(23-10-3-1-4-11-23)24-12-5-2-6-13-24;/h1-18H,19H2;1H. The Labute approximate surface area is 173 Å². The lowest BCUT2D eigenvalue weighted by molar-refractivity contribution is 0.627. The van der Waals surface area contributed by atoms with Gasteiger partial charge in [-0.1, -0.05) is 97.1 Å². The van der Waals surface area contributed by atoms with E-state index >= 15 is 0 Å². The van der Waals surface area contributed by atoms with Crippen molar-refractivity contribution in [1.82, 2.24) is 0 Å². The first-order chi connectivity index (χ1) is 13.3. The van der Waals surface area contributed by atoms with Crippen molar-refractivity contribution in [2.45, 2.75) is 6.42 Å². The monoisotopic (exact) mass is 406 g/mol. The van der Waals surface area contributed by atoms with Gasteiger partial charge in [-0.25, -0.2) is 4.39 Å². The van der Waals surface area contributed by atoms with Crippen LogP contribution in [0.1, 0.15) is 11.1 Å². The number of hydrogen-bond acceptors (Lipinski definition) is 0. The number of halogens is 2. The molecule has 0 N–H and O–H groups in total. The van der Waals surface area contributed by atoms with Gasteiger partial charge < -0.3 is 0 Å². The van der Waals surface area contributed by atoms with Crippen LogP contribution in [0.15, 0.2) is 109 Å². The van der Waals surface area contributed by atoms with Gasteiger partial charge >= 0.3 is 0 Å². The molecule has 0 aliphatic heterocycles. The molecule has 0 aliphatic carbocycles. The highest BCUT2D eigenvalue weighted by Gasteiger charge is 2.19. The van der Waals surface area contributed by atoms with Crippen LogP contribution in [0.3, 0.4) is 0 Å². The average Bonchev–Trinajstić information content (AvgIpc) is 2.73. The van der Waals surface area contributed by atoms with Gasteiger partial charge in [0.25, 0.3) is 0 Å². The maximum Gasteiger partial charge on any atom is 0.123 e. The predicted octanol–water partition coefficient (Wildman–Crippen LogP) is 5.60. The molecule has 0 heterocycles. The first-order valence-corrected chi connectivity index (χ1v) is 10.4. The molecule has 0 spiro atoms. The molecule has 0 nitrogen and oxygen atoms in total. The van der Waals surface area contributed by atoms with Gasteiger partial charge in [-0.2, -0.15) is 0 Å². The van der Waals surface area contributed by atoms with Crippen molar-refractivity contribution in [1.29, 1.82) is 0 Å². The molecule has 0 bridgehead atoms. The van der Waals surface area contributed by atoms with Crippen molar-refractivity contribution in [2.24, 2.45) is 0 Å². The molecule has 0 saturated carbocycles. The van der Waals surface area contributed by atoms with Crippen LogP contribution in [0.25, 0.3) is 0 Å². The molecule has 0 saturated heterocycles. The molecule has 0 aromatic heterocycles. The van der Waals surface area contributed by atoms with Crippen molar-refractivity contribution in [3.8, 4) is 0 Å². The summed E-state index contributed by atoms with van der Waals surface area (Å²) in [6.07, 6.45) is 0.801. The van der Waals surface area contributed by atoms with Gasteiger partial charge in [0, 0.05) is 0 Å². The lowest BCUT2D eigenvalue weighted by atomic mass is 10.1. The second-order valence-corrected chi connectivity index (χ2v) is 8.62. The third kappa shape index (κ3) is 4.68. The quantitative estimate of drug-likeness (QED) is 0.379. The van der Waals surface area contributed by atoms with E-state index in [9.17, 15) is 4.39 Å². The largest absolute Gasteiger partial charge is 0.207 e. The number of benzene rings is 4. The Morgan fingerprint density at radius 3 is 1.64 bits per heavy atom. The van der Waals surface area contributed by atoms with E-state index in [4.69, 9.17) is 0 Å². The molecule has 0 radical (unpaired) electrons. The summed E-state index contributed by atoms with van der Waals surface area (Å²) < 4.78 is 13.3. The molecule has 28 heavy (non-hydrogen) atoms. The molecule has 140 valence electrons. The highest BCUT2D eigenvalue weighted by molar-refractivity contribution is 7.79. The fourth-order valence-corrected chi connectivity index (χ4v) is 5.75. The van der Waals surface area contributed by atoms with Crippen LogP contribution >= 0.6 is 20.3 Å². The minimum atomic E-state index is -0.643. The van der Waals surface area contributed by atoms with E-state index < -0.39 is 7.92 Å². The molecule has 4 rings (SSSR count). The zero-order valence-corrected chi connectivity index (χ0v) is 17.0. The summed E-state index contributed by atoms with van der Waals surface area (Å²) in [5, 5.41) is 4.03. The molecule has 0 amide bonds. The van der Waals surface area contributed by atoms with Crippen molar-refractivity contribution >= 4 is 36.2 Å². The van der Waals surface area contributed by atoms with E-state index in [1.54, 1.807) is 0 Å². The minimum Gasteiger partial charge on any atom is -0.207 e. The summed E-state index contributed by atoms with van der Waals surface area (Å²) in [7, 11) is -0.643. The zero-order chi connectivity index (χ0) is 18.5. The molecule has 4 aromatic rings. The smallest absolute Gasteiger partial charge is 0.123 e. The molecular weight excluding hydrogens is 386 g/mol. The second-order valence-electron chi connectivity index (χ2n) is 6.44. The molecule has 0 unspecified atom stereocenters. The van der Waals surface area contributed by atoms with E-state index in [0.717, 1.165) is 12.0 Å². The summed E-state index contributed by atoms with van der Waals surface area (Å²) in [6, 6.07) is 36.9. The van der Waals surface area contributed by atoms with Crippen LogP contribution in [0.5, 0.6) is 0 Å². The maximum absolute atomic E-state index is 13.3. The maximum atomic E-state index is 13.3. The Morgan fingerprint density at radius 2 is 1.07 bits per heavy atom. The summed E-state index contributed by atoms with van der Waals surface area (Å²) in [5.74, 6) is -0.192. The SMILES string of the molecule is Cl.Fc1ccc(Cc2ccccc2P(c2ccccc2)c2ccccc2)cc1. The Hall–Kier alpha value is -2.47. The van der Waals surface area contributed by atoms with E-state index in [1.807, 2.05) is 12.1 Å². The van der Waals surface area contributed by atoms with Gasteiger partial charge in [-0.15, -0.1) is 12.4 Å². The summed E-state index contributed by atoms with van der Waals surface area (Å²) in [5.41, 5.74) is 2.42. The minimum absolute atomic E-state index is 0. The van der Waals surface area contributed by atoms with Gasteiger partial charge in [0.1, 0.15) is 5.82 Å². The van der Waals surface area contributed by atoms with Crippen molar-refractivity contribution in [3.63, 3.8) is 0 Å². The predicted molar refractivity (Wildman–Crippen MR) is 122 cm³/mol.